The number of hydrogen-bond donors (Lipinski definition) is 3. The second-order valence-corrected chi connectivity index (χ2v) is 3.73. The van der Waals surface area contributed by atoms with Crippen molar-refractivity contribution >= 4 is 11.9 Å². The van der Waals surface area contributed by atoms with Crippen molar-refractivity contribution in [1.29, 1.82) is 0 Å². The second kappa shape index (κ2) is 5.24. The Bertz CT molecular complexity index is 361. The molecule has 0 fully saturated rings. The summed E-state index contributed by atoms with van der Waals surface area (Å²) in [6, 6.07) is 0. The minimum Gasteiger partial charge on any atom is -0.481 e. The lowest BCUT2D eigenvalue weighted by atomic mass is 9.96. The van der Waals surface area contributed by atoms with Gasteiger partial charge in [0.1, 0.15) is 6.33 Å². The Labute approximate surface area is 92.3 Å². The van der Waals surface area contributed by atoms with E-state index in [1.165, 1.54) is 6.33 Å². The number of rotatable bonds is 5. The van der Waals surface area contributed by atoms with Crippen molar-refractivity contribution in [3.63, 3.8) is 0 Å². The van der Waals surface area contributed by atoms with Gasteiger partial charge in [-0.15, -0.1) is 0 Å². The Morgan fingerprint density at radius 3 is 2.69 bits per heavy atom. The summed E-state index contributed by atoms with van der Waals surface area (Å²) >= 11 is 0. The summed E-state index contributed by atoms with van der Waals surface area (Å²) in [5.74, 6) is -1.95. The van der Waals surface area contributed by atoms with Crippen molar-refractivity contribution in [2.45, 2.75) is 13.8 Å². The number of aliphatic carboxylic acids is 1. The molecule has 1 amide bonds. The summed E-state index contributed by atoms with van der Waals surface area (Å²) in [6.07, 6.45) is 1.21. The number of amides is 1. The highest BCUT2D eigenvalue weighted by molar-refractivity contribution is 5.90. The summed E-state index contributed by atoms with van der Waals surface area (Å²) in [7, 11) is 0. The number of carbonyl (C=O) groups is 2. The molecule has 1 atom stereocenters. The van der Waals surface area contributed by atoms with Gasteiger partial charge in [-0.1, -0.05) is 13.8 Å². The number of carboxylic acid groups (broad SMARTS) is 1. The fraction of sp³-hybridized carbons (Fsp3) is 0.556. The van der Waals surface area contributed by atoms with Gasteiger partial charge >= 0.3 is 5.97 Å². The zero-order valence-corrected chi connectivity index (χ0v) is 9.10. The average Bonchev–Trinajstić information content (AvgIpc) is 2.69. The Kier molecular flexibility index (Phi) is 3.98. The standard InChI is InChI=1S/C9H14N4O3/c1-5(2)6(9(15)16)3-10-8(14)7-11-4-12-13-7/h4-6H,3H2,1-2H3,(H,10,14)(H,15,16)(H,11,12,13). The Morgan fingerprint density at radius 1 is 1.56 bits per heavy atom. The van der Waals surface area contributed by atoms with E-state index in [0.717, 1.165) is 0 Å². The van der Waals surface area contributed by atoms with Crippen LogP contribution in [0.2, 0.25) is 0 Å². The van der Waals surface area contributed by atoms with E-state index in [1.54, 1.807) is 13.8 Å². The summed E-state index contributed by atoms with van der Waals surface area (Å²) in [5.41, 5.74) is 0. The zero-order chi connectivity index (χ0) is 12.1. The third kappa shape index (κ3) is 3.04. The fourth-order valence-electron chi connectivity index (χ4n) is 1.21. The maximum Gasteiger partial charge on any atom is 0.308 e. The van der Waals surface area contributed by atoms with Crippen molar-refractivity contribution in [3.05, 3.63) is 12.2 Å². The third-order valence-electron chi connectivity index (χ3n) is 2.23. The van der Waals surface area contributed by atoms with Gasteiger partial charge < -0.3 is 10.4 Å². The molecule has 0 saturated carbocycles. The first-order valence-corrected chi connectivity index (χ1v) is 4.88. The van der Waals surface area contributed by atoms with Crippen LogP contribution in [0.1, 0.15) is 24.5 Å². The Balaban J connectivity index is 2.50. The van der Waals surface area contributed by atoms with E-state index in [1.807, 2.05) is 0 Å². The van der Waals surface area contributed by atoms with Crippen molar-refractivity contribution in [3.8, 4) is 0 Å². The Morgan fingerprint density at radius 2 is 2.25 bits per heavy atom. The maximum absolute atomic E-state index is 11.4. The van der Waals surface area contributed by atoms with Gasteiger partial charge in [-0.3, -0.25) is 14.7 Å². The van der Waals surface area contributed by atoms with Crippen LogP contribution in [0, 0.1) is 11.8 Å². The minimum atomic E-state index is -0.923. The highest BCUT2D eigenvalue weighted by Gasteiger charge is 2.22. The second-order valence-electron chi connectivity index (χ2n) is 3.73. The largest absolute Gasteiger partial charge is 0.481 e. The van der Waals surface area contributed by atoms with Gasteiger partial charge in [0, 0.05) is 6.54 Å². The number of aromatic amines is 1. The molecule has 0 bridgehead atoms. The van der Waals surface area contributed by atoms with Crippen LogP contribution < -0.4 is 5.32 Å². The minimum absolute atomic E-state index is 0.0486. The van der Waals surface area contributed by atoms with Crippen LogP contribution in [0.5, 0.6) is 0 Å². The SMILES string of the molecule is CC(C)C(CNC(=O)c1ncn[nH]1)C(=O)O. The highest BCUT2D eigenvalue weighted by Crippen LogP contribution is 2.09. The lowest BCUT2D eigenvalue weighted by molar-refractivity contribution is -0.142. The molecule has 0 aromatic carbocycles. The van der Waals surface area contributed by atoms with E-state index in [2.05, 4.69) is 20.5 Å². The molecule has 1 rings (SSSR count). The predicted molar refractivity (Wildman–Crippen MR) is 54.7 cm³/mol. The van der Waals surface area contributed by atoms with Crippen molar-refractivity contribution in [2.24, 2.45) is 11.8 Å². The van der Waals surface area contributed by atoms with Gasteiger partial charge in [-0.05, 0) is 5.92 Å². The molecule has 0 aliphatic rings. The van der Waals surface area contributed by atoms with Gasteiger partial charge in [-0.2, -0.15) is 5.10 Å². The van der Waals surface area contributed by atoms with Gasteiger partial charge in [0.2, 0.25) is 5.82 Å². The van der Waals surface area contributed by atoms with E-state index in [-0.39, 0.29) is 18.3 Å². The fourth-order valence-corrected chi connectivity index (χ4v) is 1.21. The first-order chi connectivity index (χ1) is 7.52. The summed E-state index contributed by atoms with van der Waals surface area (Å²) < 4.78 is 0. The van der Waals surface area contributed by atoms with Crippen LogP contribution in [0.15, 0.2) is 6.33 Å². The molecule has 0 spiro atoms. The molecule has 1 aromatic heterocycles. The van der Waals surface area contributed by atoms with Crippen LogP contribution in [-0.4, -0.2) is 38.7 Å². The first kappa shape index (κ1) is 12.2. The summed E-state index contributed by atoms with van der Waals surface area (Å²) in [4.78, 5) is 25.9. The van der Waals surface area contributed by atoms with Crippen LogP contribution in [0.25, 0.3) is 0 Å². The predicted octanol–water partition coefficient (Wildman–Crippen LogP) is -0.109. The molecule has 1 heterocycles. The van der Waals surface area contributed by atoms with Crippen LogP contribution in [0.4, 0.5) is 0 Å². The zero-order valence-electron chi connectivity index (χ0n) is 9.10. The number of carbonyl (C=O) groups excluding carboxylic acids is 1. The van der Waals surface area contributed by atoms with E-state index in [4.69, 9.17) is 5.11 Å². The van der Waals surface area contributed by atoms with E-state index >= 15 is 0 Å². The molecule has 7 nitrogen and oxygen atoms in total. The van der Waals surface area contributed by atoms with Gasteiger partial charge in [0.25, 0.3) is 5.91 Å². The van der Waals surface area contributed by atoms with Gasteiger partial charge in [-0.25, -0.2) is 4.98 Å². The normalized spacial score (nSPS) is 12.4. The van der Waals surface area contributed by atoms with Crippen molar-refractivity contribution in [2.75, 3.05) is 6.54 Å². The first-order valence-electron chi connectivity index (χ1n) is 4.88. The van der Waals surface area contributed by atoms with Crippen LogP contribution in [0.3, 0.4) is 0 Å². The highest BCUT2D eigenvalue weighted by atomic mass is 16.4. The molecule has 0 saturated heterocycles. The van der Waals surface area contributed by atoms with Crippen LogP contribution >= 0.6 is 0 Å². The monoisotopic (exact) mass is 226 g/mol. The quantitative estimate of drug-likeness (QED) is 0.649. The summed E-state index contributed by atoms with van der Waals surface area (Å²) in [5, 5.41) is 17.3. The molecule has 0 radical (unpaired) electrons. The van der Waals surface area contributed by atoms with Gasteiger partial charge in [0.05, 0.1) is 5.92 Å². The molecule has 0 aliphatic carbocycles. The van der Waals surface area contributed by atoms with Crippen molar-refractivity contribution in [1.82, 2.24) is 20.5 Å². The number of nitrogens with one attached hydrogen (secondary N) is 2. The third-order valence-corrected chi connectivity index (χ3v) is 2.23. The average molecular weight is 226 g/mol. The van der Waals surface area contributed by atoms with E-state index < -0.39 is 17.8 Å². The van der Waals surface area contributed by atoms with Crippen LogP contribution in [-0.2, 0) is 4.79 Å². The topological polar surface area (TPSA) is 108 Å². The van der Waals surface area contributed by atoms with E-state index in [9.17, 15) is 9.59 Å². The molecular formula is C9H14N4O3. The lowest BCUT2D eigenvalue weighted by Crippen LogP contribution is -2.36. The number of H-pyrrole nitrogens is 1. The number of hydrogen-bond acceptors (Lipinski definition) is 4. The number of nitrogens with zero attached hydrogens (tertiary/aromatic N) is 2. The lowest BCUT2D eigenvalue weighted by Gasteiger charge is -2.15. The van der Waals surface area contributed by atoms with Gasteiger partial charge in [0.15, 0.2) is 0 Å². The molecule has 88 valence electrons. The molecule has 7 heteroatoms. The molecule has 1 unspecified atom stereocenters. The maximum atomic E-state index is 11.4. The number of aromatic nitrogens is 3. The summed E-state index contributed by atoms with van der Waals surface area (Å²) in [6.45, 7) is 3.66. The molecular weight excluding hydrogens is 212 g/mol. The molecule has 16 heavy (non-hydrogen) atoms. The number of carboxylic acids is 1. The van der Waals surface area contributed by atoms with E-state index in [0.29, 0.717) is 0 Å². The molecule has 0 aliphatic heterocycles. The molecule has 1 aromatic rings. The van der Waals surface area contributed by atoms with Crippen molar-refractivity contribution < 1.29 is 14.7 Å². The smallest absolute Gasteiger partial charge is 0.308 e. The Hall–Kier alpha value is -1.92. The molecule has 3 N–H and O–H groups in total.